The predicted octanol–water partition coefficient (Wildman–Crippen LogP) is 4.78. The maximum absolute atomic E-state index is 12.0. The first kappa shape index (κ1) is 19.6. The minimum atomic E-state index is -0.102. The van der Waals surface area contributed by atoms with Gasteiger partial charge in [0.25, 0.3) is 0 Å². The number of allylic oxidation sites excluding steroid dienone is 1. The zero-order valence-corrected chi connectivity index (χ0v) is 14.1. The molecule has 1 aromatic rings. The zero-order valence-electron chi connectivity index (χ0n) is 14.1. The molecule has 5 heteroatoms. The summed E-state index contributed by atoms with van der Waals surface area (Å²) >= 11 is 0. The minimum absolute atomic E-state index is 0.0749. The predicted molar refractivity (Wildman–Crippen MR) is 93.7 cm³/mol. The van der Waals surface area contributed by atoms with Crippen molar-refractivity contribution in [3.63, 3.8) is 0 Å². The third-order valence-electron chi connectivity index (χ3n) is 3.73. The van der Waals surface area contributed by atoms with Crippen molar-refractivity contribution >= 4 is 5.78 Å². The molecule has 1 rings (SSSR count). The molecule has 0 aliphatic heterocycles. The molecule has 0 aliphatic rings. The van der Waals surface area contributed by atoms with Gasteiger partial charge in [-0.05, 0) is 18.4 Å². The lowest BCUT2D eigenvalue weighted by molar-refractivity contribution is -0.122. The number of nitrogens with zero attached hydrogens (tertiary/aromatic N) is 2. The molecule has 5 nitrogen and oxygen atoms in total. The number of carbonyl (C=O) groups is 1. The monoisotopic (exact) mass is 329 g/mol. The Balaban J connectivity index is 2.19. The number of Topliss-reactive ketones (excluding diaryl/α,β-unsaturated/α-hetero) is 1. The van der Waals surface area contributed by atoms with Gasteiger partial charge in [-0.3, -0.25) is 4.79 Å². The second kappa shape index (κ2) is 11.1. The van der Waals surface area contributed by atoms with Gasteiger partial charge >= 0.3 is 6.20 Å². The van der Waals surface area contributed by atoms with Gasteiger partial charge in [0.15, 0.2) is 10.7 Å². The highest BCUT2D eigenvalue weighted by atomic mass is 16.5. The Kier molecular flexibility index (Phi) is 9.10. The van der Waals surface area contributed by atoms with Crippen molar-refractivity contribution in [2.45, 2.75) is 39.2 Å². The number of ketones is 1. The molecule has 0 aromatic heterocycles. The fourth-order valence-corrected chi connectivity index (χ4v) is 2.17. The van der Waals surface area contributed by atoms with Crippen molar-refractivity contribution < 1.29 is 14.6 Å². The number of aliphatic hydroxyl groups is 1. The Morgan fingerprint density at radius 3 is 2.71 bits per heavy atom. The number of hydrogen-bond acceptors (Lipinski definition) is 4. The summed E-state index contributed by atoms with van der Waals surface area (Å²) in [7, 11) is 0. The van der Waals surface area contributed by atoms with Crippen molar-refractivity contribution in [2.75, 3.05) is 6.61 Å². The number of carbonyl (C=O) groups excluding carboxylic acids is 1. The molecule has 0 saturated carbocycles. The highest BCUT2D eigenvalue weighted by Crippen LogP contribution is 2.16. The number of benzene rings is 1. The van der Waals surface area contributed by atoms with Gasteiger partial charge in [0.2, 0.25) is 5.39 Å². The summed E-state index contributed by atoms with van der Waals surface area (Å²) in [5, 5.41) is 17.6. The van der Waals surface area contributed by atoms with Crippen molar-refractivity contribution in [3.05, 3.63) is 65.0 Å². The topological polar surface area (TPSA) is 74.7 Å². The Morgan fingerprint density at radius 1 is 1.33 bits per heavy atom. The highest BCUT2D eigenvalue weighted by molar-refractivity contribution is 5.80. The molecule has 0 spiro atoms. The molecule has 0 fully saturated rings. The molecular formula is C19H25N2O3+. The van der Waals surface area contributed by atoms with Crippen LogP contribution in [0.15, 0.2) is 54.4 Å². The van der Waals surface area contributed by atoms with E-state index in [-0.39, 0.29) is 30.3 Å². The van der Waals surface area contributed by atoms with Gasteiger partial charge in [-0.15, -0.1) is 0 Å². The number of ether oxygens (including phenoxy) is 1. The van der Waals surface area contributed by atoms with Crippen LogP contribution in [0.5, 0.6) is 0 Å². The minimum Gasteiger partial charge on any atom is -0.505 e. The summed E-state index contributed by atoms with van der Waals surface area (Å²) in [5.74, 6) is -0.127. The second-order valence-corrected chi connectivity index (χ2v) is 5.87. The number of diazo groups is 1. The third kappa shape index (κ3) is 8.25. The largest absolute Gasteiger partial charge is 0.505 e. The number of rotatable bonds is 11. The van der Waals surface area contributed by atoms with E-state index in [1.807, 2.05) is 37.3 Å². The molecule has 0 amide bonds. The lowest BCUT2D eigenvalue weighted by Crippen LogP contribution is -2.12. The van der Waals surface area contributed by atoms with Crippen LogP contribution < -0.4 is 0 Å². The van der Waals surface area contributed by atoms with Crippen LogP contribution >= 0.6 is 0 Å². The zero-order chi connectivity index (χ0) is 17.8. The van der Waals surface area contributed by atoms with E-state index in [4.69, 9.17) is 10.1 Å². The van der Waals surface area contributed by atoms with Crippen molar-refractivity contribution in [2.24, 2.45) is 5.92 Å². The van der Waals surface area contributed by atoms with Gasteiger partial charge in [0, 0.05) is 18.8 Å². The maximum atomic E-state index is 12.0. The standard InChI is InChI=1S/C19H24N2O3/c1-15(13-24-14-17-6-4-3-5-7-17)8-9-16(2)19(23)11-10-18(22)12-21-20/h3-7,12,16H,1,8-11,13-14H2,2H3/p+1/b18-12-. The van der Waals surface area contributed by atoms with E-state index in [9.17, 15) is 9.90 Å². The van der Waals surface area contributed by atoms with Crippen LogP contribution in [0.25, 0.3) is 4.98 Å². The molecule has 24 heavy (non-hydrogen) atoms. The van der Waals surface area contributed by atoms with Crippen LogP contribution in [0.4, 0.5) is 0 Å². The quantitative estimate of drug-likeness (QED) is 0.360. The lowest BCUT2D eigenvalue weighted by atomic mass is 9.95. The number of aliphatic hydroxyl groups excluding tert-OH is 1. The van der Waals surface area contributed by atoms with E-state index in [1.54, 1.807) is 0 Å². The van der Waals surface area contributed by atoms with Crippen LogP contribution in [0.3, 0.4) is 0 Å². The van der Waals surface area contributed by atoms with Crippen LogP contribution in [0.2, 0.25) is 0 Å². The maximum Gasteiger partial charge on any atom is 0.387 e. The van der Waals surface area contributed by atoms with E-state index in [2.05, 4.69) is 11.6 Å². The first-order valence-electron chi connectivity index (χ1n) is 8.06. The van der Waals surface area contributed by atoms with E-state index in [1.165, 1.54) is 0 Å². The highest BCUT2D eigenvalue weighted by Gasteiger charge is 2.14. The van der Waals surface area contributed by atoms with Crippen LogP contribution in [0, 0.1) is 11.3 Å². The smallest absolute Gasteiger partial charge is 0.387 e. The summed E-state index contributed by atoms with van der Waals surface area (Å²) in [5.41, 5.74) is 2.09. The number of hydrogen-bond donors (Lipinski definition) is 1. The fourth-order valence-electron chi connectivity index (χ4n) is 2.17. The SMILES string of the molecule is C=C(CCC(C)C(=O)CC/C(O)=C/[N+]#N)COCc1ccccc1. The average Bonchev–Trinajstić information content (AvgIpc) is 2.58. The molecule has 1 atom stereocenters. The van der Waals surface area contributed by atoms with Crippen molar-refractivity contribution in [1.82, 2.24) is 0 Å². The first-order valence-corrected chi connectivity index (χ1v) is 8.06. The van der Waals surface area contributed by atoms with Gasteiger partial charge in [-0.25, -0.2) is 0 Å². The molecule has 0 aliphatic carbocycles. The van der Waals surface area contributed by atoms with Crippen LogP contribution in [-0.4, -0.2) is 17.5 Å². The molecule has 128 valence electrons. The van der Waals surface area contributed by atoms with Crippen LogP contribution in [-0.2, 0) is 16.1 Å². The average molecular weight is 329 g/mol. The van der Waals surface area contributed by atoms with E-state index >= 15 is 0 Å². The van der Waals surface area contributed by atoms with Gasteiger partial charge in [0.1, 0.15) is 5.78 Å². The molecule has 0 bridgehead atoms. The molecular weight excluding hydrogens is 304 g/mol. The Bertz CT molecular complexity index is 603. The first-order chi connectivity index (χ1) is 11.5. The van der Waals surface area contributed by atoms with Crippen molar-refractivity contribution in [3.8, 4) is 0 Å². The van der Waals surface area contributed by atoms with Gasteiger partial charge in [0.05, 0.1) is 13.2 Å². The van der Waals surface area contributed by atoms with E-state index in [0.717, 1.165) is 23.8 Å². The second-order valence-electron chi connectivity index (χ2n) is 5.87. The Hall–Kier alpha value is -2.45. The van der Waals surface area contributed by atoms with E-state index in [0.29, 0.717) is 19.6 Å². The molecule has 1 N–H and O–H groups in total. The summed E-state index contributed by atoms with van der Waals surface area (Å²) in [4.78, 5) is 14.7. The summed E-state index contributed by atoms with van der Waals surface area (Å²) in [6.45, 7) is 6.90. The molecule has 0 saturated heterocycles. The lowest BCUT2D eigenvalue weighted by Gasteiger charge is -2.12. The summed E-state index contributed by atoms with van der Waals surface area (Å²) in [6.07, 6.45) is 2.80. The van der Waals surface area contributed by atoms with Gasteiger partial charge in [-0.1, -0.05) is 49.4 Å². The normalized spacial score (nSPS) is 12.4. The molecule has 1 aromatic carbocycles. The molecule has 0 heterocycles. The van der Waals surface area contributed by atoms with Gasteiger partial charge in [-0.2, -0.15) is 0 Å². The third-order valence-corrected chi connectivity index (χ3v) is 3.73. The Labute approximate surface area is 143 Å². The fraction of sp³-hybridized carbons (Fsp3) is 0.421. The molecule has 1 unspecified atom stereocenters. The van der Waals surface area contributed by atoms with Crippen LogP contribution in [0.1, 0.15) is 38.2 Å². The summed E-state index contributed by atoms with van der Waals surface area (Å²) in [6, 6.07) is 9.94. The van der Waals surface area contributed by atoms with Gasteiger partial charge < -0.3 is 9.84 Å². The Morgan fingerprint density at radius 2 is 2.04 bits per heavy atom. The van der Waals surface area contributed by atoms with Crippen molar-refractivity contribution in [1.29, 1.82) is 5.39 Å². The molecule has 0 radical (unpaired) electrons. The summed E-state index contributed by atoms with van der Waals surface area (Å²) < 4.78 is 5.62. The van der Waals surface area contributed by atoms with E-state index < -0.39 is 0 Å².